The minimum atomic E-state index is 0.124. The molecular formula is C17H19N3O. The Morgan fingerprint density at radius 1 is 1.24 bits per heavy atom. The largest absolute Gasteiger partial charge is 0.331 e. The number of hydrogen-bond acceptors (Lipinski definition) is 2. The van der Waals surface area contributed by atoms with Crippen LogP contribution in [0, 0.1) is 5.92 Å². The van der Waals surface area contributed by atoms with E-state index in [4.69, 9.17) is 0 Å². The van der Waals surface area contributed by atoms with Crippen LogP contribution in [0.2, 0.25) is 0 Å². The molecule has 21 heavy (non-hydrogen) atoms. The first-order valence-electron chi connectivity index (χ1n) is 7.65. The van der Waals surface area contributed by atoms with Crippen LogP contribution in [-0.4, -0.2) is 20.4 Å². The fraction of sp³-hybridized carbons (Fsp3) is 0.412. The number of imidazole rings is 1. The third-order valence-electron chi connectivity index (χ3n) is 4.52. The van der Waals surface area contributed by atoms with Crippen molar-refractivity contribution in [1.29, 1.82) is 0 Å². The van der Waals surface area contributed by atoms with Crippen molar-refractivity contribution < 1.29 is 4.79 Å². The Labute approximate surface area is 124 Å². The summed E-state index contributed by atoms with van der Waals surface area (Å²) in [5.41, 5.74) is 1.21. The van der Waals surface area contributed by atoms with Gasteiger partial charge in [0.25, 0.3) is 0 Å². The molecule has 0 radical (unpaired) electrons. The molecule has 1 unspecified atom stereocenters. The molecule has 1 saturated carbocycles. The molecule has 2 aromatic rings. The molecular weight excluding hydrogens is 262 g/mol. The van der Waals surface area contributed by atoms with Gasteiger partial charge < -0.3 is 9.47 Å². The Morgan fingerprint density at radius 3 is 2.81 bits per heavy atom. The van der Waals surface area contributed by atoms with Crippen LogP contribution < -0.4 is 0 Å². The van der Waals surface area contributed by atoms with Gasteiger partial charge in [-0.1, -0.05) is 30.3 Å². The van der Waals surface area contributed by atoms with Crippen LogP contribution in [0.1, 0.15) is 36.7 Å². The summed E-state index contributed by atoms with van der Waals surface area (Å²) in [4.78, 5) is 19.1. The van der Waals surface area contributed by atoms with Gasteiger partial charge in [0.2, 0.25) is 5.91 Å². The highest BCUT2D eigenvalue weighted by atomic mass is 16.2. The van der Waals surface area contributed by atoms with Crippen LogP contribution in [0.15, 0.2) is 42.7 Å². The summed E-state index contributed by atoms with van der Waals surface area (Å²) in [5.74, 6) is 1.89. The van der Waals surface area contributed by atoms with Crippen molar-refractivity contribution in [2.75, 3.05) is 0 Å². The number of carbonyl (C=O) groups excluding carboxylic acids is 1. The molecule has 1 aliphatic heterocycles. The van der Waals surface area contributed by atoms with Gasteiger partial charge in [-0.3, -0.25) is 4.79 Å². The second-order valence-electron chi connectivity index (χ2n) is 6.09. The standard InChI is InChI=1S/C17H19N3O/c21-17(10-13-6-7-13)20-12-16-18-8-9-19(16)11-15(20)14-4-2-1-3-5-14/h1-5,8-9,13,15H,6-7,10-12H2. The second kappa shape index (κ2) is 5.02. The molecule has 1 atom stereocenters. The fourth-order valence-electron chi connectivity index (χ4n) is 3.11. The van der Waals surface area contributed by atoms with Crippen molar-refractivity contribution in [2.24, 2.45) is 5.92 Å². The first-order valence-corrected chi connectivity index (χ1v) is 7.65. The van der Waals surface area contributed by atoms with Crippen LogP contribution in [0.25, 0.3) is 0 Å². The maximum Gasteiger partial charge on any atom is 0.223 e. The molecule has 4 nitrogen and oxygen atoms in total. The molecule has 2 aliphatic rings. The van der Waals surface area contributed by atoms with Gasteiger partial charge in [-0.2, -0.15) is 0 Å². The first-order chi connectivity index (χ1) is 10.3. The van der Waals surface area contributed by atoms with Crippen molar-refractivity contribution >= 4 is 5.91 Å². The van der Waals surface area contributed by atoms with Crippen molar-refractivity contribution in [1.82, 2.24) is 14.5 Å². The molecule has 108 valence electrons. The Hall–Kier alpha value is -2.10. The van der Waals surface area contributed by atoms with Gasteiger partial charge in [0.05, 0.1) is 12.6 Å². The van der Waals surface area contributed by atoms with Gasteiger partial charge in [0.1, 0.15) is 5.82 Å². The number of fused-ring (bicyclic) bond motifs is 1. The summed E-state index contributed by atoms with van der Waals surface area (Å²) in [7, 11) is 0. The zero-order valence-electron chi connectivity index (χ0n) is 12.0. The molecule has 4 rings (SSSR count). The molecule has 0 bridgehead atoms. The Bertz CT molecular complexity index is 645. The zero-order chi connectivity index (χ0) is 14.2. The fourth-order valence-corrected chi connectivity index (χ4v) is 3.11. The first kappa shape index (κ1) is 12.6. The summed E-state index contributed by atoms with van der Waals surface area (Å²) in [6, 6.07) is 10.5. The average molecular weight is 281 g/mol. The number of aromatic nitrogens is 2. The number of carbonyl (C=O) groups is 1. The van der Waals surface area contributed by atoms with Crippen LogP contribution in [0.4, 0.5) is 0 Å². The molecule has 1 fully saturated rings. The van der Waals surface area contributed by atoms with Crippen LogP contribution in [-0.2, 0) is 17.9 Å². The van der Waals surface area contributed by atoms with Crippen molar-refractivity contribution in [3.8, 4) is 0 Å². The van der Waals surface area contributed by atoms with E-state index in [1.54, 1.807) is 0 Å². The SMILES string of the molecule is O=C(CC1CC1)N1Cc2nccn2CC1c1ccccc1. The number of rotatable bonds is 3. The lowest BCUT2D eigenvalue weighted by Crippen LogP contribution is -2.41. The molecule has 0 saturated heterocycles. The molecule has 4 heteroatoms. The van der Waals surface area contributed by atoms with E-state index in [0.29, 0.717) is 18.9 Å². The van der Waals surface area contributed by atoms with Gasteiger partial charge in [-0.25, -0.2) is 4.98 Å². The lowest BCUT2D eigenvalue weighted by atomic mass is 10.0. The van der Waals surface area contributed by atoms with E-state index in [9.17, 15) is 4.79 Å². The summed E-state index contributed by atoms with van der Waals surface area (Å²) < 4.78 is 2.17. The molecule has 1 aliphatic carbocycles. The van der Waals surface area contributed by atoms with E-state index in [-0.39, 0.29) is 11.9 Å². The predicted molar refractivity (Wildman–Crippen MR) is 79.3 cm³/mol. The Balaban J connectivity index is 1.65. The van der Waals surface area contributed by atoms with Crippen molar-refractivity contribution in [3.63, 3.8) is 0 Å². The van der Waals surface area contributed by atoms with Gasteiger partial charge in [0, 0.05) is 25.4 Å². The van der Waals surface area contributed by atoms with Gasteiger partial charge in [-0.05, 0) is 24.3 Å². The van der Waals surface area contributed by atoms with E-state index < -0.39 is 0 Å². The third kappa shape index (κ3) is 2.46. The molecule has 1 aromatic heterocycles. The smallest absolute Gasteiger partial charge is 0.223 e. The summed E-state index contributed by atoms with van der Waals surface area (Å²) in [5, 5.41) is 0. The highest BCUT2D eigenvalue weighted by Gasteiger charge is 2.34. The van der Waals surface area contributed by atoms with Crippen molar-refractivity contribution in [3.05, 3.63) is 54.1 Å². The maximum atomic E-state index is 12.7. The third-order valence-corrected chi connectivity index (χ3v) is 4.52. The number of hydrogen-bond donors (Lipinski definition) is 0. The quantitative estimate of drug-likeness (QED) is 0.867. The minimum absolute atomic E-state index is 0.124. The topological polar surface area (TPSA) is 38.1 Å². The van der Waals surface area contributed by atoms with Gasteiger partial charge >= 0.3 is 0 Å². The lowest BCUT2D eigenvalue weighted by Gasteiger charge is -2.36. The van der Waals surface area contributed by atoms with E-state index in [0.717, 1.165) is 12.4 Å². The van der Waals surface area contributed by atoms with E-state index in [1.807, 2.05) is 35.5 Å². The van der Waals surface area contributed by atoms with Gasteiger partial charge in [-0.15, -0.1) is 0 Å². The average Bonchev–Trinajstić information content (AvgIpc) is 3.21. The number of amides is 1. The summed E-state index contributed by atoms with van der Waals surface area (Å²) >= 11 is 0. The number of benzene rings is 1. The zero-order valence-corrected chi connectivity index (χ0v) is 12.0. The molecule has 0 spiro atoms. The minimum Gasteiger partial charge on any atom is -0.331 e. The predicted octanol–water partition coefficient (Wildman–Crippen LogP) is 2.77. The van der Waals surface area contributed by atoms with Crippen LogP contribution >= 0.6 is 0 Å². The molecule has 1 aromatic carbocycles. The van der Waals surface area contributed by atoms with Gasteiger partial charge in [0.15, 0.2) is 0 Å². The molecule has 2 heterocycles. The summed E-state index contributed by atoms with van der Waals surface area (Å²) in [6.45, 7) is 1.42. The summed E-state index contributed by atoms with van der Waals surface area (Å²) in [6.07, 6.45) is 6.96. The lowest BCUT2D eigenvalue weighted by molar-refractivity contribution is -0.136. The molecule has 0 N–H and O–H groups in total. The van der Waals surface area contributed by atoms with E-state index in [1.165, 1.54) is 18.4 Å². The Kier molecular flexibility index (Phi) is 3.02. The normalized spacial score (nSPS) is 21.1. The highest BCUT2D eigenvalue weighted by Crippen LogP contribution is 2.36. The second-order valence-corrected chi connectivity index (χ2v) is 6.09. The monoisotopic (exact) mass is 281 g/mol. The Morgan fingerprint density at radius 2 is 2.05 bits per heavy atom. The number of nitrogens with zero attached hydrogens (tertiary/aromatic N) is 3. The van der Waals surface area contributed by atoms with Crippen molar-refractivity contribution in [2.45, 2.75) is 38.4 Å². The van der Waals surface area contributed by atoms with E-state index in [2.05, 4.69) is 21.7 Å². The molecule has 1 amide bonds. The maximum absolute atomic E-state index is 12.7. The van der Waals surface area contributed by atoms with Crippen LogP contribution in [0.3, 0.4) is 0 Å². The van der Waals surface area contributed by atoms with Crippen LogP contribution in [0.5, 0.6) is 0 Å². The van der Waals surface area contributed by atoms with E-state index >= 15 is 0 Å². The highest BCUT2D eigenvalue weighted by molar-refractivity contribution is 5.77.